The first-order valence-corrected chi connectivity index (χ1v) is 8.42. The Bertz CT molecular complexity index is 592. The third kappa shape index (κ3) is 2.89. The maximum absolute atomic E-state index is 6.16. The molecule has 0 aliphatic heterocycles. The topological polar surface area (TPSA) is 67.6 Å². The number of aryl methyl sites for hydroxylation is 1. The predicted octanol–water partition coefficient (Wildman–Crippen LogP) is 4.32. The smallest absolute Gasteiger partial charge is 0.143 e. The lowest BCUT2D eigenvalue weighted by atomic mass is 9.87. The van der Waals surface area contributed by atoms with Crippen LogP contribution in [0.4, 0.5) is 5.82 Å². The number of anilines is 1. The summed E-state index contributed by atoms with van der Waals surface area (Å²) in [5.41, 5.74) is 9.79. The SMILES string of the molecule is CCc1[nH]c2ncnc(N)c2c1C1CCCCCCCC1. The predicted molar refractivity (Wildman–Crippen MR) is 87.4 cm³/mol. The van der Waals surface area contributed by atoms with Crippen LogP contribution in [0.15, 0.2) is 6.33 Å². The molecule has 2 aromatic rings. The number of fused-ring (bicyclic) bond motifs is 1. The van der Waals surface area contributed by atoms with Crippen molar-refractivity contribution in [3.63, 3.8) is 0 Å². The zero-order valence-corrected chi connectivity index (χ0v) is 13.0. The van der Waals surface area contributed by atoms with E-state index in [0.29, 0.717) is 11.7 Å². The molecule has 1 fully saturated rings. The number of nitrogens with one attached hydrogen (secondary N) is 1. The average Bonchev–Trinajstić information content (AvgIpc) is 2.91. The lowest BCUT2D eigenvalue weighted by Crippen LogP contribution is -2.03. The average molecular weight is 286 g/mol. The van der Waals surface area contributed by atoms with Crippen molar-refractivity contribution >= 4 is 16.9 Å². The lowest BCUT2D eigenvalue weighted by molar-refractivity contribution is 0.539. The van der Waals surface area contributed by atoms with Gasteiger partial charge >= 0.3 is 0 Å². The Morgan fingerprint density at radius 3 is 2.43 bits per heavy atom. The number of hydrogen-bond donors (Lipinski definition) is 2. The third-order valence-corrected chi connectivity index (χ3v) is 4.86. The highest BCUT2D eigenvalue weighted by atomic mass is 15.0. The summed E-state index contributed by atoms with van der Waals surface area (Å²) in [5, 5.41) is 1.08. The fourth-order valence-corrected chi connectivity index (χ4v) is 3.77. The van der Waals surface area contributed by atoms with Crippen molar-refractivity contribution in [3.05, 3.63) is 17.6 Å². The van der Waals surface area contributed by atoms with Gasteiger partial charge in [0.2, 0.25) is 0 Å². The molecule has 1 aliphatic rings. The van der Waals surface area contributed by atoms with Crippen molar-refractivity contribution < 1.29 is 0 Å². The van der Waals surface area contributed by atoms with Gasteiger partial charge in [0.15, 0.2) is 0 Å². The molecule has 0 spiro atoms. The highest BCUT2D eigenvalue weighted by Crippen LogP contribution is 2.38. The molecule has 2 heterocycles. The van der Waals surface area contributed by atoms with E-state index in [-0.39, 0.29) is 0 Å². The summed E-state index contributed by atoms with van der Waals surface area (Å²) >= 11 is 0. The van der Waals surface area contributed by atoms with Crippen LogP contribution < -0.4 is 5.73 Å². The minimum Gasteiger partial charge on any atom is -0.383 e. The number of nitrogens with zero attached hydrogens (tertiary/aromatic N) is 2. The molecule has 21 heavy (non-hydrogen) atoms. The standard InChI is InChI=1S/C17H26N4/c1-2-13-14(12-9-7-5-3-4-6-8-10-12)15-16(18)19-11-20-17(15)21-13/h11-12H,2-10H2,1H3,(H3,18,19,20,21). The third-order valence-electron chi connectivity index (χ3n) is 4.86. The van der Waals surface area contributed by atoms with E-state index in [1.54, 1.807) is 6.33 Å². The van der Waals surface area contributed by atoms with Crippen molar-refractivity contribution in [2.24, 2.45) is 0 Å². The molecule has 4 heteroatoms. The van der Waals surface area contributed by atoms with Crippen LogP contribution in [0.1, 0.15) is 75.5 Å². The van der Waals surface area contributed by atoms with Gasteiger partial charge in [-0.25, -0.2) is 9.97 Å². The Kier molecular flexibility index (Phi) is 4.42. The minimum absolute atomic E-state index is 0.611. The monoisotopic (exact) mass is 286 g/mol. The first kappa shape index (κ1) is 14.4. The molecule has 0 amide bonds. The quantitative estimate of drug-likeness (QED) is 0.864. The van der Waals surface area contributed by atoms with Gasteiger partial charge in [0.25, 0.3) is 0 Å². The fraction of sp³-hybridized carbons (Fsp3) is 0.647. The van der Waals surface area contributed by atoms with Crippen LogP contribution in [0.3, 0.4) is 0 Å². The Hall–Kier alpha value is -1.58. The van der Waals surface area contributed by atoms with Gasteiger partial charge < -0.3 is 10.7 Å². The van der Waals surface area contributed by atoms with Crippen LogP contribution in [0.25, 0.3) is 11.0 Å². The summed E-state index contributed by atoms with van der Waals surface area (Å²) in [6.45, 7) is 2.20. The van der Waals surface area contributed by atoms with Crippen LogP contribution in [-0.4, -0.2) is 15.0 Å². The summed E-state index contributed by atoms with van der Waals surface area (Å²) in [6, 6.07) is 0. The van der Waals surface area contributed by atoms with E-state index in [4.69, 9.17) is 5.73 Å². The zero-order valence-electron chi connectivity index (χ0n) is 13.0. The molecule has 1 aliphatic carbocycles. The molecule has 0 unspecified atom stereocenters. The van der Waals surface area contributed by atoms with Gasteiger partial charge in [-0.05, 0) is 30.7 Å². The van der Waals surface area contributed by atoms with Gasteiger partial charge in [-0.15, -0.1) is 0 Å². The summed E-state index contributed by atoms with van der Waals surface area (Å²) < 4.78 is 0. The molecule has 1 saturated carbocycles. The number of nitrogen functional groups attached to an aromatic ring is 1. The molecule has 0 bridgehead atoms. The van der Waals surface area contributed by atoms with E-state index in [1.807, 2.05) is 0 Å². The maximum Gasteiger partial charge on any atom is 0.143 e. The van der Waals surface area contributed by atoms with Gasteiger partial charge in [-0.3, -0.25) is 0 Å². The fourth-order valence-electron chi connectivity index (χ4n) is 3.77. The number of nitrogens with two attached hydrogens (primary N) is 1. The molecule has 4 nitrogen and oxygen atoms in total. The Morgan fingerprint density at radius 2 is 1.76 bits per heavy atom. The lowest BCUT2D eigenvalue weighted by Gasteiger charge is -2.17. The van der Waals surface area contributed by atoms with Gasteiger partial charge in [-0.1, -0.05) is 45.4 Å². The largest absolute Gasteiger partial charge is 0.383 e. The molecule has 3 N–H and O–H groups in total. The molecular weight excluding hydrogens is 260 g/mol. The molecule has 2 aromatic heterocycles. The van der Waals surface area contributed by atoms with E-state index in [0.717, 1.165) is 17.5 Å². The summed E-state index contributed by atoms with van der Waals surface area (Å²) in [7, 11) is 0. The van der Waals surface area contributed by atoms with E-state index >= 15 is 0 Å². The normalized spacial score (nSPS) is 18.3. The van der Waals surface area contributed by atoms with Crippen LogP contribution >= 0.6 is 0 Å². The van der Waals surface area contributed by atoms with E-state index in [2.05, 4.69) is 21.9 Å². The van der Waals surface area contributed by atoms with E-state index in [1.165, 1.54) is 62.6 Å². The first-order chi connectivity index (χ1) is 10.3. The second-order valence-corrected chi connectivity index (χ2v) is 6.25. The Labute approximate surface area is 126 Å². The molecule has 0 radical (unpaired) electrons. The maximum atomic E-state index is 6.16. The van der Waals surface area contributed by atoms with Gasteiger partial charge in [-0.2, -0.15) is 0 Å². The van der Waals surface area contributed by atoms with Crippen molar-refractivity contribution in [3.8, 4) is 0 Å². The number of H-pyrrole nitrogens is 1. The number of hydrogen-bond acceptors (Lipinski definition) is 3. The molecular formula is C17H26N4. The van der Waals surface area contributed by atoms with Gasteiger partial charge in [0.1, 0.15) is 17.8 Å². The molecule has 3 rings (SSSR count). The van der Waals surface area contributed by atoms with Crippen LogP contribution in [0, 0.1) is 0 Å². The highest BCUT2D eigenvalue weighted by molar-refractivity contribution is 5.91. The Balaban J connectivity index is 2.03. The number of aromatic nitrogens is 3. The minimum atomic E-state index is 0.611. The van der Waals surface area contributed by atoms with Gasteiger partial charge in [0.05, 0.1) is 5.39 Å². The number of rotatable bonds is 2. The molecule has 0 aromatic carbocycles. The van der Waals surface area contributed by atoms with Crippen LogP contribution in [0.2, 0.25) is 0 Å². The van der Waals surface area contributed by atoms with Crippen molar-refractivity contribution in [1.29, 1.82) is 0 Å². The second-order valence-electron chi connectivity index (χ2n) is 6.25. The van der Waals surface area contributed by atoms with Crippen molar-refractivity contribution in [2.75, 3.05) is 5.73 Å². The number of aromatic amines is 1. The Morgan fingerprint density at radius 1 is 1.10 bits per heavy atom. The van der Waals surface area contributed by atoms with Crippen LogP contribution in [-0.2, 0) is 6.42 Å². The second kappa shape index (κ2) is 6.46. The van der Waals surface area contributed by atoms with Crippen LogP contribution in [0.5, 0.6) is 0 Å². The molecule has 0 saturated heterocycles. The summed E-state index contributed by atoms with van der Waals surface area (Å²) in [6.07, 6.45) is 13.3. The molecule has 0 atom stereocenters. The van der Waals surface area contributed by atoms with Gasteiger partial charge in [0, 0.05) is 5.69 Å². The van der Waals surface area contributed by atoms with Crippen molar-refractivity contribution in [1.82, 2.24) is 15.0 Å². The van der Waals surface area contributed by atoms with E-state index < -0.39 is 0 Å². The zero-order chi connectivity index (χ0) is 14.7. The van der Waals surface area contributed by atoms with Crippen molar-refractivity contribution in [2.45, 2.75) is 70.6 Å². The highest BCUT2D eigenvalue weighted by Gasteiger charge is 2.22. The summed E-state index contributed by atoms with van der Waals surface area (Å²) in [4.78, 5) is 12.1. The summed E-state index contributed by atoms with van der Waals surface area (Å²) in [5.74, 6) is 1.24. The first-order valence-electron chi connectivity index (χ1n) is 8.42. The molecule has 114 valence electrons. The van der Waals surface area contributed by atoms with E-state index in [9.17, 15) is 0 Å².